The van der Waals surface area contributed by atoms with Gasteiger partial charge >= 0.3 is 5.97 Å². The number of carbonyl (C=O) groups excluding carboxylic acids is 3. The lowest BCUT2D eigenvalue weighted by atomic mass is 10.1. The zero-order chi connectivity index (χ0) is 27.1. The molecule has 0 radical (unpaired) electrons. The van der Waals surface area contributed by atoms with E-state index in [1.165, 1.54) is 0 Å². The van der Waals surface area contributed by atoms with Crippen LogP contribution in [0.15, 0.2) is 9.98 Å². The Morgan fingerprint density at radius 1 is 0.861 bits per heavy atom. The Morgan fingerprint density at radius 3 is 1.86 bits per heavy atom. The van der Waals surface area contributed by atoms with Gasteiger partial charge < -0.3 is 54.4 Å². The first kappa shape index (κ1) is 30.4. The number of aliphatic imine (C=N–C) groups is 2. The minimum Gasteiger partial charge on any atom is -0.480 e. The molecule has 1 rings (SSSR count). The minimum absolute atomic E-state index is 0.0157. The van der Waals surface area contributed by atoms with Crippen LogP contribution in [0.2, 0.25) is 0 Å². The van der Waals surface area contributed by atoms with Crippen molar-refractivity contribution in [2.45, 2.75) is 62.7 Å². The Balaban J connectivity index is 2.79. The second-order valence-electron chi connectivity index (χ2n) is 8.25. The van der Waals surface area contributed by atoms with E-state index in [2.05, 4.69) is 31.3 Å². The van der Waals surface area contributed by atoms with Gasteiger partial charge in [0, 0.05) is 13.1 Å². The minimum atomic E-state index is -1.45. The summed E-state index contributed by atoms with van der Waals surface area (Å²) < 4.78 is 0. The molecular formula is C20H38N10O6. The van der Waals surface area contributed by atoms with E-state index in [1.54, 1.807) is 0 Å². The molecule has 3 amide bonds. The molecule has 0 aromatic carbocycles. The number of aliphatic carboxylic acids is 1. The fourth-order valence-electron chi connectivity index (χ4n) is 3.45. The van der Waals surface area contributed by atoms with Crippen molar-refractivity contribution >= 4 is 35.6 Å². The quantitative estimate of drug-likeness (QED) is 0.0530. The average Bonchev–Trinajstić information content (AvgIpc) is 3.35. The highest BCUT2D eigenvalue weighted by Gasteiger charge is 2.31. The Labute approximate surface area is 208 Å². The fourth-order valence-corrected chi connectivity index (χ4v) is 3.45. The molecule has 1 heterocycles. The lowest BCUT2D eigenvalue weighted by Crippen LogP contribution is -2.58. The first-order chi connectivity index (χ1) is 17.0. The molecule has 1 saturated heterocycles. The molecule has 0 spiro atoms. The molecule has 0 saturated carbocycles. The number of nitrogens with one attached hydrogen (secondary N) is 4. The summed E-state index contributed by atoms with van der Waals surface area (Å²) in [6, 6.07) is -4.21. The summed E-state index contributed by atoms with van der Waals surface area (Å²) in [6.45, 7) is 0.270. The number of aliphatic hydroxyl groups excluding tert-OH is 1. The Bertz CT molecular complexity index is 807. The SMILES string of the molecule is NC(N)=NCCCC(NC(=O)C(CO)NC(=O)C(CCCN=C(N)N)NC(=O)C1CCCN1)C(=O)O. The van der Waals surface area contributed by atoms with Crippen LogP contribution in [-0.4, -0.2) is 96.2 Å². The number of amides is 3. The number of hydrogen-bond donors (Lipinski definition) is 10. The summed E-state index contributed by atoms with van der Waals surface area (Å²) in [6.07, 6.45) is 2.23. The smallest absolute Gasteiger partial charge is 0.326 e. The molecule has 14 N–H and O–H groups in total. The molecule has 4 atom stereocenters. The van der Waals surface area contributed by atoms with Crippen LogP contribution in [-0.2, 0) is 19.2 Å². The summed E-state index contributed by atoms with van der Waals surface area (Å²) in [4.78, 5) is 57.1. The molecule has 1 aliphatic heterocycles. The van der Waals surface area contributed by atoms with E-state index in [0.29, 0.717) is 19.4 Å². The highest BCUT2D eigenvalue weighted by molar-refractivity contribution is 5.94. The second kappa shape index (κ2) is 16.1. The molecule has 36 heavy (non-hydrogen) atoms. The van der Waals surface area contributed by atoms with Gasteiger partial charge in [-0.2, -0.15) is 0 Å². The lowest BCUT2D eigenvalue weighted by molar-refractivity contribution is -0.142. The molecule has 0 aliphatic carbocycles. The number of hydrogen-bond acceptors (Lipinski definition) is 8. The lowest BCUT2D eigenvalue weighted by Gasteiger charge is -2.24. The number of carboxylic acid groups (broad SMARTS) is 1. The topological polar surface area (TPSA) is 286 Å². The van der Waals surface area contributed by atoms with Crippen molar-refractivity contribution in [1.82, 2.24) is 21.3 Å². The monoisotopic (exact) mass is 514 g/mol. The number of rotatable bonds is 16. The maximum atomic E-state index is 12.9. The predicted octanol–water partition coefficient (Wildman–Crippen LogP) is -4.62. The van der Waals surface area contributed by atoms with Crippen molar-refractivity contribution in [3.05, 3.63) is 0 Å². The van der Waals surface area contributed by atoms with Crippen LogP contribution >= 0.6 is 0 Å². The van der Waals surface area contributed by atoms with E-state index >= 15 is 0 Å². The van der Waals surface area contributed by atoms with E-state index in [4.69, 9.17) is 22.9 Å². The standard InChI is InChI=1S/C20H38N10O6/c21-19(22)26-8-2-5-12(28-15(32)11-4-1-7-25-11)16(33)30-14(10-31)17(34)29-13(18(35)36)6-3-9-27-20(23)24/h11-14,25,31H,1-10H2,(H,28,32)(H,29,34)(H,30,33)(H,35,36)(H4,21,22,26)(H4,23,24,27). The van der Waals surface area contributed by atoms with Crippen LogP contribution in [0.4, 0.5) is 0 Å². The molecule has 16 nitrogen and oxygen atoms in total. The van der Waals surface area contributed by atoms with E-state index < -0.39 is 48.6 Å². The van der Waals surface area contributed by atoms with E-state index in [1.807, 2.05) is 0 Å². The normalized spacial score (nSPS) is 17.2. The van der Waals surface area contributed by atoms with Gasteiger partial charge in [0.15, 0.2) is 11.9 Å². The second-order valence-corrected chi connectivity index (χ2v) is 8.25. The largest absolute Gasteiger partial charge is 0.480 e. The molecule has 0 aromatic rings. The van der Waals surface area contributed by atoms with Gasteiger partial charge in [-0.25, -0.2) is 4.79 Å². The number of nitrogens with zero attached hydrogens (tertiary/aromatic N) is 2. The van der Waals surface area contributed by atoms with E-state index in [-0.39, 0.29) is 50.2 Å². The van der Waals surface area contributed by atoms with Gasteiger partial charge in [0.2, 0.25) is 17.7 Å². The van der Waals surface area contributed by atoms with Gasteiger partial charge in [-0.15, -0.1) is 0 Å². The molecule has 16 heteroatoms. The summed E-state index contributed by atoms with van der Waals surface area (Å²) >= 11 is 0. The molecule has 0 bridgehead atoms. The number of aliphatic hydroxyl groups is 1. The number of carbonyl (C=O) groups is 4. The van der Waals surface area contributed by atoms with Crippen molar-refractivity contribution < 1.29 is 29.4 Å². The Hall–Kier alpha value is -3.66. The van der Waals surface area contributed by atoms with Crippen molar-refractivity contribution in [3.8, 4) is 0 Å². The van der Waals surface area contributed by atoms with Crippen molar-refractivity contribution in [3.63, 3.8) is 0 Å². The third-order valence-electron chi connectivity index (χ3n) is 5.33. The molecule has 4 unspecified atom stereocenters. The third-order valence-corrected chi connectivity index (χ3v) is 5.33. The maximum absolute atomic E-state index is 12.9. The maximum Gasteiger partial charge on any atom is 0.326 e. The van der Waals surface area contributed by atoms with Gasteiger partial charge in [-0.05, 0) is 45.1 Å². The van der Waals surface area contributed by atoms with Crippen LogP contribution in [0, 0.1) is 0 Å². The van der Waals surface area contributed by atoms with Crippen LogP contribution < -0.4 is 44.2 Å². The Morgan fingerprint density at radius 2 is 1.39 bits per heavy atom. The van der Waals surface area contributed by atoms with Crippen LogP contribution in [0.25, 0.3) is 0 Å². The van der Waals surface area contributed by atoms with E-state index in [9.17, 15) is 29.4 Å². The highest BCUT2D eigenvalue weighted by atomic mass is 16.4. The van der Waals surface area contributed by atoms with Gasteiger partial charge in [-0.1, -0.05) is 0 Å². The van der Waals surface area contributed by atoms with Crippen molar-refractivity contribution in [2.24, 2.45) is 32.9 Å². The summed E-state index contributed by atoms with van der Waals surface area (Å²) in [7, 11) is 0. The molecule has 1 fully saturated rings. The fraction of sp³-hybridized carbons (Fsp3) is 0.700. The first-order valence-corrected chi connectivity index (χ1v) is 11.6. The average molecular weight is 515 g/mol. The molecule has 0 aromatic heterocycles. The number of carboxylic acids is 1. The Kier molecular flexibility index (Phi) is 13.6. The molecular weight excluding hydrogens is 476 g/mol. The third kappa shape index (κ3) is 11.7. The van der Waals surface area contributed by atoms with E-state index in [0.717, 1.165) is 6.42 Å². The van der Waals surface area contributed by atoms with Gasteiger partial charge in [0.25, 0.3) is 0 Å². The first-order valence-electron chi connectivity index (χ1n) is 11.6. The van der Waals surface area contributed by atoms with Crippen molar-refractivity contribution in [2.75, 3.05) is 26.2 Å². The zero-order valence-electron chi connectivity index (χ0n) is 20.1. The van der Waals surface area contributed by atoms with Crippen LogP contribution in [0.5, 0.6) is 0 Å². The summed E-state index contributed by atoms with van der Waals surface area (Å²) in [5.41, 5.74) is 21.0. The zero-order valence-corrected chi connectivity index (χ0v) is 20.1. The van der Waals surface area contributed by atoms with Crippen molar-refractivity contribution in [1.29, 1.82) is 0 Å². The van der Waals surface area contributed by atoms with Gasteiger partial charge in [0.1, 0.15) is 18.1 Å². The number of guanidine groups is 2. The number of nitrogens with two attached hydrogens (primary N) is 4. The van der Waals surface area contributed by atoms with Gasteiger partial charge in [-0.3, -0.25) is 24.4 Å². The van der Waals surface area contributed by atoms with Gasteiger partial charge in [0.05, 0.1) is 12.6 Å². The molecule has 204 valence electrons. The predicted molar refractivity (Wildman–Crippen MR) is 131 cm³/mol. The highest BCUT2D eigenvalue weighted by Crippen LogP contribution is 2.07. The summed E-state index contributed by atoms with van der Waals surface area (Å²) in [5.74, 6) is -3.55. The molecule has 1 aliphatic rings. The summed E-state index contributed by atoms with van der Waals surface area (Å²) in [5, 5.41) is 29.4. The van der Waals surface area contributed by atoms with Crippen LogP contribution in [0.3, 0.4) is 0 Å². The van der Waals surface area contributed by atoms with Crippen LogP contribution in [0.1, 0.15) is 38.5 Å².